The van der Waals surface area contributed by atoms with Gasteiger partial charge in [-0.25, -0.2) is 0 Å². The molecule has 17 saturated carbocycles. The predicted octanol–water partition coefficient (Wildman–Crippen LogP) is 21.7. The van der Waals surface area contributed by atoms with Crippen molar-refractivity contribution in [1.29, 1.82) is 0 Å². The van der Waals surface area contributed by atoms with E-state index < -0.39 is 0 Å². The fourth-order valence-corrected chi connectivity index (χ4v) is 20.7. The molecule has 68 heavy (non-hydrogen) atoms. The number of allylic oxidation sites excluding steroid dienone is 4. The Morgan fingerprint density at radius 1 is 0.191 bits per heavy atom. The third-order valence-electron chi connectivity index (χ3n) is 22.6. The molecule has 19 aliphatic rings. The standard InChI is InChI=1S/C12H18.C12H16.C10H16.C8H14.C7H12.C7H10.6C2H6/c2*1-2-8-5-7(1)11-9-3-4-10(6-9)12(8)11;1-7-2-9-4-8(1)5-10(3-7)6-9;1-2-8-5-3-7(1)4-6-8;2*1-2-7-4-3-6(1)5-7;6*1-2/h7-12H,1-6H2;1-2,7-12H,3-6H2;7-10H,1-6H2;7-8H,1-6H2;6-7H,1-5H2;1-2,6-7H,3-5H2;6*1-2H3. The van der Waals surface area contributed by atoms with E-state index in [9.17, 15) is 0 Å². The molecule has 19 aliphatic carbocycles. The van der Waals surface area contributed by atoms with Gasteiger partial charge in [0.25, 0.3) is 0 Å². The summed E-state index contributed by atoms with van der Waals surface area (Å²) in [4.78, 5) is 0. The van der Waals surface area contributed by atoms with Gasteiger partial charge in [-0.05, 0) is 259 Å². The van der Waals surface area contributed by atoms with Gasteiger partial charge < -0.3 is 0 Å². The van der Waals surface area contributed by atoms with Crippen molar-refractivity contribution in [2.75, 3.05) is 0 Å². The number of fused-ring (bicyclic) bond motifs is 25. The summed E-state index contributed by atoms with van der Waals surface area (Å²) in [5.74, 6) is 25.3. The lowest BCUT2D eigenvalue weighted by Gasteiger charge is -2.49. The first-order valence-corrected chi connectivity index (χ1v) is 33.0. The molecule has 12 atom stereocenters. The van der Waals surface area contributed by atoms with Gasteiger partial charge in [-0.15, -0.1) is 0 Å². The SMILES string of the molecule is C1=CC2CC1C1C3CCC(C3)C21.C1=CC2CCC1C2.C1C2CC3CC1CC(C2)C3.C1CC2CC1C1C3CCC(C3)C21.C1CC2CCC1C2.C1CC2CCC1CC2.CC.CC.CC.CC.CC.CC. The lowest BCUT2D eigenvalue weighted by atomic mass is 9.56. The van der Waals surface area contributed by atoms with E-state index >= 15 is 0 Å². The van der Waals surface area contributed by atoms with Crippen molar-refractivity contribution in [3.8, 4) is 0 Å². The van der Waals surface area contributed by atoms with Crippen molar-refractivity contribution < 1.29 is 0 Å². The molecule has 12 unspecified atom stereocenters. The first-order chi connectivity index (χ1) is 33.6. The van der Waals surface area contributed by atoms with Crippen LogP contribution in [0.15, 0.2) is 24.3 Å². The lowest BCUT2D eigenvalue weighted by molar-refractivity contribution is 0.0198. The highest BCUT2D eigenvalue weighted by Crippen LogP contribution is 2.68. The summed E-state index contributed by atoms with van der Waals surface area (Å²) in [5.41, 5.74) is 0. The molecule has 17 fully saturated rings. The first kappa shape index (κ1) is 56.8. The molecule has 0 radical (unpaired) electrons. The molecule has 18 bridgehead atoms. The Hall–Kier alpha value is -0.520. The zero-order valence-electron chi connectivity index (χ0n) is 48.2. The molecule has 0 spiro atoms. The molecule has 0 saturated heterocycles. The van der Waals surface area contributed by atoms with Crippen molar-refractivity contribution in [3.63, 3.8) is 0 Å². The molecule has 0 heterocycles. The summed E-state index contributed by atoms with van der Waals surface area (Å²) in [5, 5.41) is 0. The maximum Gasteiger partial charge on any atom is -0.0194 e. The zero-order chi connectivity index (χ0) is 48.7. The smallest absolute Gasteiger partial charge is 0.0194 e. The van der Waals surface area contributed by atoms with Crippen molar-refractivity contribution in [1.82, 2.24) is 0 Å². The maximum atomic E-state index is 2.53. The highest BCUT2D eigenvalue weighted by molar-refractivity contribution is 5.19. The highest BCUT2D eigenvalue weighted by Gasteiger charge is 2.60. The van der Waals surface area contributed by atoms with Crippen molar-refractivity contribution in [2.24, 2.45) is 130 Å². The van der Waals surface area contributed by atoms with Gasteiger partial charge >= 0.3 is 0 Å². The third-order valence-corrected chi connectivity index (χ3v) is 22.6. The highest BCUT2D eigenvalue weighted by atomic mass is 14.6. The summed E-state index contributed by atoms with van der Waals surface area (Å²) in [6.07, 6.45) is 57.0. The Kier molecular flexibility index (Phi) is 24.0. The fourth-order valence-electron chi connectivity index (χ4n) is 20.7. The van der Waals surface area contributed by atoms with Gasteiger partial charge in [-0.3, -0.25) is 0 Å². The largest absolute Gasteiger partial charge is 0.0851 e. The van der Waals surface area contributed by atoms with Crippen LogP contribution in [-0.2, 0) is 0 Å². The summed E-state index contributed by atoms with van der Waals surface area (Å²) >= 11 is 0. The van der Waals surface area contributed by atoms with Gasteiger partial charge in [-0.2, -0.15) is 0 Å². The van der Waals surface area contributed by atoms with Crippen LogP contribution in [0.3, 0.4) is 0 Å². The number of hydrogen-bond donors (Lipinski definition) is 0. The minimum atomic E-state index is 0.991. The summed E-state index contributed by atoms with van der Waals surface area (Å²) in [7, 11) is 0. The van der Waals surface area contributed by atoms with E-state index in [0.717, 1.165) is 59.2 Å². The van der Waals surface area contributed by atoms with Gasteiger partial charge in [0.1, 0.15) is 0 Å². The van der Waals surface area contributed by atoms with Gasteiger partial charge in [0, 0.05) is 0 Å². The normalized spacial score (nSPS) is 47.0. The van der Waals surface area contributed by atoms with E-state index in [4.69, 9.17) is 0 Å². The van der Waals surface area contributed by atoms with E-state index in [0.29, 0.717) is 0 Å². The minimum absolute atomic E-state index is 0.991. The minimum Gasteiger partial charge on any atom is -0.0851 e. The second kappa shape index (κ2) is 28.8. The van der Waals surface area contributed by atoms with Crippen LogP contribution < -0.4 is 0 Å². The van der Waals surface area contributed by atoms with Crippen LogP contribution in [0.4, 0.5) is 0 Å². The van der Waals surface area contributed by atoms with E-state index in [-0.39, 0.29) is 0 Å². The van der Waals surface area contributed by atoms with Gasteiger partial charge in [0.05, 0.1) is 0 Å². The Balaban J connectivity index is 0.000000130. The predicted molar refractivity (Wildman–Crippen MR) is 302 cm³/mol. The molecular weight excluding hydrogens is 817 g/mol. The van der Waals surface area contributed by atoms with Crippen molar-refractivity contribution in [3.05, 3.63) is 24.3 Å². The average molecular weight is 940 g/mol. The van der Waals surface area contributed by atoms with Crippen LogP contribution >= 0.6 is 0 Å². The van der Waals surface area contributed by atoms with Crippen LogP contribution in [0.5, 0.6) is 0 Å². The monoisotopic (exact) mass is 939 g/mol. The summed E-state index contributed by atoms with van der Waals surface area (Å²) in [6.45, 7) is 24.0. The first-order valence-electron chi connectivity index (χ1n) is 33.0. The molecule has 0 N–H and O–H groups in total. The molecule has 0 aliphatic heterocycles. The maximum absolute atomic E-state index is 2.53. The summed E-state index contributed by atoms with van der Waals surface area (Å²) < 4.78 is 0. The van der Waals surface area contributed by atoms with Crippen LogP contribution in [-0.4, -0.2) is 0 Å². The molecule has 0 aromatic heterocycles. The zero-order valence-corrected chi connectivity index (χ0v) is 48.2. The molecule has 0 heteroatoms. The Morgan fingerprint density at radius 3 is 0.647 bits per heavy atom. The Bertz CT molecular complexity index is 1230. The lowest BCUT2D eigenvalue weighted by Crippen LogP contribution is -2.38. The molecule has 0 aromatic carbocycles. The van der Waals surface area contributed by atoms with E-state index in [1.807, 2.05) is 83.1 Å². The molecule has 19 rings (SSSR count). The second-order valence-corrected chi connectivity index (χ2v) is 25.4. The molecule has 0 aromatic rings. The van der Waals surface area contributed by atoms with Gasteiger partial charge in [0.2, 0.25) is 0 Å². The Morgan fingerprint density at radius 2 is 0.441 bits per heavy atom. The molecule has 394 valence electrons. The van der Waals surface area contributed by atoms with Crippen molar-refractivity contribution in [2.45, 2.75) is 276 Å². The summed E-state index contributed by atoms with van der Waals surface area (Å²) in [6, 6.07) is 0. The van der Waals surface area contributed by atoms with Gasteiger partial charge in [0.15, 0.2) is 0 Å². The van der Waals surface area contributed by atoms with Crippen LogP contribution in [0.25, 0.3) is 0 Å². The topological polar surface area (TPSA) is 0 Å². The van der Waals surface area contributed by atoms with E-state index in [1.165, 1.54) is 96.7 Å². The molecular formula is C68H122. The van der Waals surface area contributed by atoms with E-state index in [2.05, 4.69) is 24.3 Å². The Labute approximate surface area is 428 Å². The second-order valence-electron chi connectivity index (χ2n) is 25.4. The molecule has 0 nitrogen and oxygen atoms in total. The quantitative estimate of drug-likeness (QED) is 0.168. The van der Waals surface area contributed by atoms with E-state index in [1.54, 1.807) is 167 Å². The average Bonchev–Trinajstić information content (AvgIpc) is 4.28. The number of hydrogen-bond acceptors (Lipinski definition) is 0. The van der Waals surface area contributed by atoms with Crippen LogP contribution in [0, 0.1) is 130 Å². The fraction of sp³-hybridized carbons (Fsp3) is 0.941. The van der Waals surface area contributed by atoms with Crippen LogP contribution in [0.2, 0.25) is 0 Å². The van der Waals surface area contributed by atoms with Gasteiger partial charge in [-0.1, -0.05) is 172 Å². The van der Waals surface area contributed by atoms with Crippen molar-refractivity contribution >= 4 is 0 Å². The third kappa shape index (κ3) is 13.4. The molecule has 0 amide bonds. The van der Waals surface area contributed by atoms with Crippen LogP contribution in [0.1, 0.15) is 276 Å². The number of rotatable bonds is 0.